The van der Waals surface area contributed by atoms with Gasteiger partial charge in [-0.05, 0) is 31.6 Å². The Balaban J connectivity index is 0.00000182. The molecule has 2 aliphatic heterocycles. The van der Waals surface area contributed by atoms with Crippen molar-refractivity contribution in [3.63, 3.8) is 0 Å². The Morgan fingerprint density at radius 2 is 2.12 bits per heavy atom. The number of nitrogens with zero attached hydrogens (tertiary/aromatic N) is 3. The van der Waals surface area contributed by atoms with Crippen molar-refractivity contribution < 1.29 is 4.74 Å². The van der Waals surface area contributed by atoms with Gasteiger partial charge in [-0.15, -0.1) is 22.6 Å². The minimum absolute atomic E-state index is 0. The number of aromatic nitrogens is 3. The third kappa shape index (κ3) is 4.54. The Bertz CT molecular complexity index is 532. The zero-order valence-electron chi connectivity index (χ0n) is 15.1. The van der Waals surface area contributed by atoms with Crippen molar-refractivity contribution >= 4 is 12.4 Å². The normalized spacial score (nSPS) is 29.7. The molecule has 0 amide bonds. The first-order valence-electron chi connectivity index (χ1n) is 9.87. The molecule has 1 saturated heterocycles. The Kier molecular flexibility index (Phi) is 7.10. The average Bonchev–Trinajstić information content (AvgIpc) is 3.17. The first-order chi connectivity index (χ1) is 11.9. The number of halogens is 1. The van der Waals surface area contributed by atoms with Crippen LogP contribution in [-0.4, -0.2) is 53.2 Å². The number of aryl methyl sites for hydroxylation is 1. The summed E-state index contributed by atoms with van der Waals surface area (Å²) in [5.74, 6) is 3.08. The lowest BCUT2D eigenvalue weighted by molar-refractivity contribution is 0.0526. The van der Waals surface area contributed by atoms with Gasteiger partial charge in [-0.25, -0.2) is 0 Å². The van der Waals surface area contributed by atoms with Crippen LogP contribution in [0, 0.1) is 5.92 Å². The van der Waals surface area contributed by atoms with Gasteiger partial charge in [0.05, 0.1) is 13.2 Å². The van der Waals surface area contributed by atoms with Gasteiger partial charge in [-0.2, -0.15) is 0 Å². The summed E-state index contributed by atoms with van der Waals surface area (Å²) in [5, 5.41) is 16.3. The maximum absolute atomic E-state index is 5.67. The van der Waals surface area contributed by atoms with Crippen LogP contribution in [0.5, 0.6) is 0 Å². The molecule has 142 valence electrons. The molecule has 1 aromatic heterocycles. The van der Waals surface area contributed by atoms with Gasteiger partial charge in [0.1, 0.15) is 11.6 Å². The van der Waals surface area contributed by atoms with Crippen molar-refractivity contribution in [2.24, 2.45) is 5.92 Å². The zero-order valence-corrected chi connectivity index (χ0v) is 15.9. The second-order valence-electron chi connectivity index (χ2n) is 7.54. The van der Waals surface area contributed by atoms with Gasteiger partial charge < -0.3 is 19.9 Å². The lowest BCUT2D eigenvalue weighted by atomic mass is 9.94. The summed E-state index contributed by atoms with van der Waals surface area (Å²) in [5.41, 5.74) is 0. The second kappa shape index (κ2) is 9.31. The lowest BCUT2D eigenvalue weighted by Crippen LogP contribution is -2.51. The van der Waals surface area contributed by atoms with E-state index < -0.39 is 0 Å². The molecule has 4 rings (SSSR count). The highest BCUT2D eigenvalue weighted by molar-refractivity contribution is 5.85. The Hall–Kier alpha value is -0.690. The third-order valence-electron chi connectivity index (χ3n) is 5.98. The number of hydrogen-bond donors (Lipinski definition) is 2. The summed E-state index contributed by atoms with van der Waals surface area (Å²) in [4.78, 5) is 0. The predicted molar refractivity (Wildman–Crippen MR) is 100 cm³/mol. The molecule has 6 nitrogen and oxygen atoms in total. The molecule has 3 atom stereocenters. The van der Waals surface area contributed by atoms with Gasteiger partial charge in [0.25, 0.3) is 0 Å². The van der Waals surface area contributed by atoms with Crippen LogP contribution in [0.15, 0.2) is 0 Å². The second-order valence-corrected chi connectivity index (χ2v) is 7.54. The molecule has 1 aliphatic carbocycles. The van der Waals surface area contributed by atoms with Crippen molar-refractivity contribution in [1.82, 2.24) is 25.4 Å². The molecule has 0 spiro atoms. The van der Waals surface area contributed by atoms with Crippen LogP contribution in [-0.2, 0) is 24.1 Å². The fraction of sp³-hybridized carbons (Fsp3) is 0.889. The summed E-state index contributed by atoms with van der Waals surface area (Å²) in [7, 11) is 0. The zero-order chi connectivity index (χ0) is 16.2. The van der Waals surface area contributed by atoms with Crippen molar-refractivity contribution in [2.45, 2.75) is 70.0 Å². The van der Waals surface area contributed by atoms with Gasteiger partial charge in [-0.1, -0.05) is 12.8 Å². The number of ether oxygens (including phenoxy) is 1. The fourth-order valence-electron chi connectivity index (χ4n) is 4.68. The molecule has 2 N–H and O–H groups in total. The van der Waals surface area contributed by atoms with Crippen molar-refractivity contribution in [3.05, 3.63) is 11.6 Å². The Labute approximate surface area is 156 Å². The highest BCUT2D eigenvalue weighted by atomic mass is 35.5. The quantitative estimate of drug-likeness (QED) is 0.827. The van der Waals surface area contributed by atoms with E-state index in [-0.39, 0.29) is 12.4 Å². The summed E-state index contributed by atoms with van der Waals surface area (Å²) >= 11 is 0. The van der Waals surface area contributed by atoms with E-state index in [0.29, 0.717) is 18.0 Å². The minimum Gasteiger partial charge on any atom is -0.379 e. The van der Waals surface area contributed by atoms with Crippen LogP contribution < -0.4 is 10.6 Å². The topological polar surface area (TPSA) is 64.0 Å². The molecule has 1 saturated carbocycles. The molecule has 3 unspecified atom stereocenters. The lowest BCUT2D eigenvalue weighted by Gasteiger charge is -2.33. The monoisotopic (exact) mass is 369 g/mol. The largest absolute Gasteiger partial charge is 0.379 e. The van der Waals surface area contributed by atoms with E-state index >= 15 is 0 Å². The Morgan fingerprint density at radius 1 is 1.16 bits per heavy atom. The fourth-order valence-corrected chi connectivity index (χ4v) is 4.68. The van der Waals surface area contributed by atoms with E-state index in [2.05, 4.69) is 25.4 Å². The summed E-state index contributed by atoms with van der Waals surface area (Å²) in [6.07, 6.45) is 9.88. The van der Waals surface area contributed by atoms with Crippen LogP contribution in [0.25, 0.3) is 0 Å². The molecule has 3 aliphatic rings. The molecule has 25 heavy (non-hydrogen) atoms. The van der Waals surface area contributed by atoms with Crippen LogP contribution in [0.2, 0.25) is 0 Å². The summed E-state index contributed by atoms with van der Waals surface area (Å²) < 4.78 is 8.04. The van der Waals surface area contributed by atoms with Gasteiger partial charge >= 0.3 is 0 Å². The highest BCUT2D eigenvalue weighted by Gasteiger charge is 2.34. The molecular formula is C18H32ClN5O. The molecule has 7 heteroatoms. The molecule has 1 aromatic rings. The third-order valence-corrected chi connectivity index (χ3v) is 5.98. The molecule has 0 radical (unpaired) electrons. The van der Waals surface area contributed by atoms with Crippen molar-refractivity contribution in [3.8, 4) is 0 Å². The first-order valence-corrected chi connectivity index (χ1v) is 9.87. The smallest absolute Gasteiger partial charge is 0.134 e. The standard InChI is InChI=1S/C18H31N5O.ClH/c1-2-7-17-21-22-18(23(17)11-3-1)8-9-19-15-6-4-5-14(15)16-13-24-12-10-20-16;/h14-16,19-20H,1-13H2;1H. The van der Waals surface area contributed by atoms with E-state index in [1.807, 2.05) is 0 Å². The summed E-state index contributed by atoms with van der Waals surface area (Å²) in [6, 6.07) is 1.15. The van der Waals surface area contributed by atoms with Gasteiger partial charge in [0.15, 0.2) is 0 Å². The van der Waals surface area contributed by atoms with E-state index in [1.54, 1.807) is 0 Å². The number of morpholine rings is 1. The number of rotatable bonds is 5. The molecule has 2 fully saturated rings. The van der Waals surface area contributed by atoms with E-state index in [9.17, 15) is 0 Å². The Morgan fingerprint density at radius 3 is 3.00 bits per heavy atom. The number of fused-ring (bicyclic) bond motifs is 1. The maximum atomic E-state index is 5.67. The highest BCUT2D eigenvalue weighted by Crippen LogP contribution is 2.29. The first kappa shape index (κ1) is 19.1. The summed E-state index contributed by atoms with van der Waals surface area (Å²) in [6.45, 7) is 4.85. The molecule has 0 bridgehead atoms. The molecule has 0 aromatic carbocycles. The minimum atomic E-state index is 0. The van der Waals surface area contributed by atoms with Gasteiger partial charge in [0.2, 0.25) is 0 Å². The van der Waals surface area contributed by atoms with Gasteiger partial charge in [-0.3, -0.25) is 0 Å². The predicted octanol–water partition coefficient (Wildman–Crippen LogP) is 1.72. The van der Waals surface area contributed by atoms with Crippen LogP contribution in [0.3, 0.4) is 0 Å². The van der Waals surface area contributed by atoms with Gasteiger partial charge in [0, 0.05) is 44.6 Å². The van der Waals surface area contributed by atoms with Crippen LogP contribution in [0.4, 0.5) is 0 Å². The molecule has 3 heterocycles. The van der Waals surface area contributed by atoms with E-state index in [0.717, 1.165) is 45.7 Å². The number of hydrogen-bond acceptors (Lipinski definition) is 5. The molecular weight excluding hydrogens is 338 g/mol. The maximum Gasteiger partial charge on any atom is 0.134 e. The van der Waals surface area contributed by atoms with E-state index in [4.69, 9.17) is 4.74 Å². The number of nitrogens with one attached hydrogen (secondary N) is 2. The van der Waals surface area contributed by atoms with Crippen molar-refractivity contribution in [1.29, 1.82) is 0 Å². The average molecular weight is 370 g/mol. The van der Waals surface area contributed by atoms with E-state index in [1.165, 1.54) is 50.2 Å². The van der Waals surface area contributed by atoms with Crippen LogP contribution >= 0.6 is 12.4 Å². The SMILES string of the molecule is C1CCc2nnc(CCNC3CCCC3C3COCCN3)n2CC1.Cl. The van der Waals surface area contributed by atoms with Crippen LogP contribution in [0.1, 0.15) is 50.2 Å². The van der Waals surface area contributed by atoms with Crippen molar-refractivity contribution in [2.75, 3.05) is 26.3 Å².